The highest BCUT2D eigenvalue weighted by Gasteiger charge is 2.06. The third-order valence-corrected chi connectivity index (χ3v) is 3.01. The van der Waals surface area contributed by atoms with Gasteiger partial charge in [-0.3, -0.25) is 9.78 Å². The van der Waals surface area contributed by atoms with E-state index in [4.69, 9.17) is 0 Å². The van der Waals surface area contributed by atoms with Crippen LogP contribution in [0.2, 0.25) is 0 Å². The zero-order valence-corrected chi connectivity index (χ0v) is 11.8. The van der Waals surface area contributed by atoms with Gasteiger partial charge in [0.15, 0.2) is 0 Å². The summed E-state index contributed by atoms with van der Waals surface area (Å²) in [6.45, 7) is 5.21. The monoisotopic (exact) mass is 269 g/mol. The highest BCUT2D eigenvalue weighted by atomic mass is 16.1. The minimum absolute atomic E-state index is 0.0353. The molecule has 1 aromatic carbocycles. The molecule has 104 valence electrons. The fourth-order valence-electron chi connectivity index (χ4n) is 1.95. The van der Waals surface area contributed by atoms with E-state index < -0.39 is 0 Å². The lowest BCUT2D eigenvalue weighted by molar-refractivity contribution is 0.0956. The third kappa shape index (κ3) is 3.57. The van der Waals surface area contributed by atoms with Gasteiger partial charge in [-0.05, 0) is 49.7 Å². The molecule has 0 fully saturated rings. The van der Waals surface area contributed by atoms with Crippen LogP contribution >= 0.6 is 0 Å². The summed E-state index contributed by atoms with van der Waals surface area (Å²) in [6.07, 6.45) is 1.78. The number of nitrogens with zero attached hydrogens (tertiary/aromatic N) is 1. The van der Waals surface area contributed by atoms with E-state index in [-0.39, 0.29) is 5.91 Å². The Labute approximate surface area is 119 Å². The molecule has 1 heterocycles. The van der Waals surface area contributed by atoms with Crippen molar-refractivity contribution in [2.45, 2.75) is 20.4 Å². The Morgan fingerprint density at radius 3 is 2.75 bits per heavy atom. The second-order valence-electron chi connectivity index (χ2n) is 4.56. The van der Waals surface area contributed by atoms with Crippen LogP contribution in [0, 0.1) is 6.92 Å². The van der Waals surface area contributed by atoms with Crippen LogP contribution in [-0.2, 0) is 6.54 Å². The van der Waals surface area contributed by atoms with Gasteiger partial charge in [0, 0.05) is 24.0 Å². The number of aryl methyl sites for hydroxylation is 1. The molecule has 0 radical (unpaired) electrons. The first-order chi connectivity index (χ1) is 9.70. The van der Waals surface area contributed by atoms with Gasteiger partial charge in [-0.1, -0.05) is 6.07 Å². The number of nitrogens with one attached hydrogen (secondary N) is 2. The van der Waals surface area contributed by atoms with E-state index in [9.17, 15) is 4.79 Å². The first kappa shape index (κ1) is 14.1. The van der Waals surface area contributed by atoms with Gasteiger partial charge in [-0.2, -0.15) is 0 Å². The van der Waals surface area contributed by atoms with Gasteiger partial charge in [0.25, 0.3) is 5.91 Å². The van der Waals surface area contributed by atoms with Gasteiger partial charge in [0.05, 0.1) is 12.2 Å². The number of amides is 1. The molecule has 0 aliphatic carbocycles. The number of benzene rings is 1. The zero-order chi connectivity index (χ0) is 14.4. The summed E-state index contributed by atoms with van der Waals surface area (Å²) in [5.41, 5.74) is 3.74. The maximum Gasteiger partial charge on any atom is 0.251 e. The average Bonchev–Trinajstić information content (AvgIpc) is 2.47. The molecule has 4 nitrogen and oxygen atoms in total. The fourth-order valence-corrected chi connectivity index (χ4v) is 1.95. The molecule has 0 atom stereocenters. The molecule has 0 saturated carbocycles. The first-order valence-corrected chi connectivity index (χ1v) is 6.73. The van der Waals surface area contributed by atoms with E-state index >= 15 is 0 Å². The van der Waals surface area contributed by atoms with E-state index in [2.05, 4.69) is 15.6 Å². The second-order valence-corrected chi connectivity index (χ2v) is 4.56. The van der Waals surface area contributed by atoms with Crippen LogP contribution in [0.15, 0.2) is 42.6 Å². The molecular formula is C16H19N3O. The smallest absolute Gasteiger partial charge is 0.251 e. The maximum atomic E-state index is 11.7. The predicted molar refractivity (Wildman–Crippen MR) is 80.7 cm³/mol. The summed E-state index contributed by atoms with van der Waals surface area (Å²) in [6, 6.07) is 11.5. The van der Waals surface area contributed by atoms with E-state index in [0.717, 1.165) is 16.9 Å². The normalized spacial score (nSPS) is 10.1. The fraction of sp³-hybridized carbons (Fsp3) is 0.250. The minimum atomic E-state index is -0.0353. The second kappa shape index (κ2) is 6.70. The van der Waals surface area contributed by atoms with Gasteiger partial charge in [0.1, 0.15) is 0 Å². The number of pyridine rings is 1. The van der Waals surface area contributed by atoms with Crippen molar-refractivity contribution in [1.82, 2.24) is 10.3 Å². The standard InChI is InChI=1S/C16H19N3O/c1-3-17-16(20)13-7-8-15(12(2)10-13)19-11-14-6-4-5-9-18-14/h4-10,19H,3,11H2,1-2H3,(H,17,20). The summed E-state index contributed by atoms with van der Waals surface area (Å²) < 4.78 is 0. The highest BCUT2D eigenvalue weighted by Crippen LogP contribution is 2.17. The molecule has 20 heavy (non-hydrogen) atoms. The van der Waals surface area contributed by atoms with Gasteiger partial charge >= 0.3 is 0 Å². The Hall–Kier alpha value is -2.36. The number of carbonyl (C=O) groups is 1. The van der Waals surface area contributed by atoms with E-state index in [1.54, 1.807) is 6.20 Å². The Balaban J connectivity index is 2.04. The van der Waals surface area contributed by atoms with Crippen molar-refractivity contribution in [2.24, 2.45) is 0 Å². The number of hydrogen-bond acceptors (Lipinski definition) is 3. The topological polar surface area (TPSA) is 54.0 Å². The van der Waals surface area contributed by atoms with Crippen LogP contribution in [0.3, 0.4) is 0 Å². The molecule has 2 rings (SSSR count). The van der Waals surface area contributed by atoms with Crippen molar-refractivity contribution in [1.29, 1.82) is 0 Å². The van der Waals surface area contributed by atoms with Crippen molar-refractivity contribution in [3.8, 4) is 0 Å². The highest BCUT2D eigenvalue weighted by molar-refractivity contribution is 5.94. The van der Waals surface area contributed by atoms with E-state index in [1.807, 2.05) is 50.2 Å². The van der Waals surface area contributed by atoms with Crippen molar-refractivity contribution in [3.05, 3.63) is 59.4 Å². The van der Waals surface area contributed by atoms with Gasteiger partial charge in [-0.15, -0.1) is 0 Å². The molecule has 0 aliphatic heterocycles. The summed E-state index contributed by atoms with van der Waals surface area (Å²) in [4.78, 5) is 16.0. The van der Waals surface area contributed by atoms with Gasteiger partial charge in [-0.25, -0.2) is 0 Å². The van der Waals surface area contributed by atoms with Crippen molar-refractivity contribution in [3.63, 3.8) is 0 Å². The predicted octanol–water partition coefficient (Wildman–Crippen LogP) is 2.75. The number of anilines is 1. The molecule has 0 spiro atoms. The molecule has 0 bridgehead atoms. The Kier molecular flexibility index (Phi) is 4.71. The summed E-state index contributed by atoms with van der Waals surface area (Å²) in [7, 11) is 0. The third-order valence-electron chi connectivity index (χ3n) is 3.01. The van der Waals surface area contributed by atoms with Crippen molar-refractivity contribution in [2.75, 3.05) is 11.9 Å². The molecule has 2 N–H and O–H groups in total. The molecule has 2 aromatic rings. The van der Waals surface area contributed by atoms with E-state index in [0.29, 0.717) is 18.7 Å². The van der Waals surface area contributed by atoms with Crippen LogP contribution in [0.1, 0.15) is 28.5 Å². The minimum Gasteiger partial charge on any atom is -0.379 e. The van der Waals surface area contributed by atoms with E-state index in [1.165, 1.54) is 0 Å². The summed E-state index contributed by atoms with van der Waals surface area (Å²) in [5.74, 6) is -0.0353. The Morgan fingerprint density at radius 2 is 2.10 bits per heavy atom. The van der Waals surface area contributed by atoms with Crippen molar-refractivity contribution >= 4 is 11.6 Å². The zero-order valence-electron chi connectivity index (χ0n) is 11.8. The Morgan fingerprint density at radius 1 is 1.25 bits per heavy atom. The maximum absolute atomic E-state index is 11.7. The molecule has 0 saturated heterocycles. The quantitative estimate of drug-likeness (QED) is 0.877. The molecule has 1 aromatic heterocycles. The first-order valence-electron chi connectivity index (χ1n) is 6.73. The van der Waals surface area contributed by atoms with Crippen LogP contribution in [-0.4, -0.2) is 17.4 Å². The molecule has 0 aliphatic rings. The lowest BCUT2D eigenvalue weighted by Crippen LogP contribution is -2.22. The molecule has 4 heteroatoms. The lowest BCUT2D eigenvalue weighted by Gasteiger charge is -2.11. The largest absolute Gasteiger partial charge is 0.379 e. The molecule has 1 amide bonds. The summed E-state index contributed by atoms with van der Waals surface area (Å²) in [5, 5.41) is 6.13. The van der Waals surface area contributed by atoms with Gasteiger partial charge < -0.3 is 10.6 Å². The SMILES string of the molecule is CCNC(=O)c1ccc(NCc2ccccn2)c(C)c1. The van der Waals surface area contributed by atoms with Crippen LogP contribution in [0.4, 0.5) is 5.69 Å². The number of aromatic nitrogens is 1. The van der Waals surface area contributed by atoms with Crippen LogP contribution in [0.5, 0.6) is 0 Å². The van der Waals surface area contributed by atoms with Gasteiger partial charge in [0.2, 0.25) is 0 Å². The number of carbonyl (C=O) groups excluding carboxylic acids is 1. The number of hydrogen-bond donors (Lipinski definition) is 2. The molecule has 0 unspecified atom stereocenters. The number of rotatable bonds is 5. The molecular weight excluding hydrogens is 250 g/mol. The van der Waals surface area contributed by atoms with Crippen LogP contribution < -0.4 is 10.6 Å². The lowest BCUT2D eigenvalue weighted by atomic mass is 10.1. The summed E-state index contributed by atoms with van der Waals surface area (Å²) >= 11 is 0. The van der Waals surface area contributed by atoms with Crippen molar-refractivity contribution < 1.29 is 4.79 Å². The van der Waals surface area contributed by atoms with Crippen LogP contribution in [0.25, 0.3) is 0 Å². The average molecular weight is 269 g/mol. The Bertz CT molecular complexity index is 582.